The molecule has 0 radical (unpaired) electrons. The normalized spacial score (nSPS) is 10.6. The van der Waals surface area contributed by atoms with Crippen molar-refractivity contribution in [2.24, 2.45) is 5.92 Å². The van der Waals surface area contributed by atoms with E-state index in [1.54, 1.807) is 39.2 Å². The number of nitrogens with zero attached hydrogens (tertiary/aromatic N) is 2. The number of hydrogen-bond donors (Lipinski definition) is 2. The Kier molecular flexibility index (Phi) is 6.64. The van der Waals surface area contributed by atoms with E-state index in [0.717, 1.165) is 11.3 Å². The summed E-state index contributed by atoms with van der Waals surface area (Å²) in [5.41, 5.74) is 2.21. The van der Waals surface area contributed by atoms with Crippen LogP contribution in [0.1, 0.15) is 24.2 Å². The Morgan fingerprint density at radius 3 is 2.40 bits per heavy atom. The summed E-state index contributed by atoms with van der Waals surface area (Å²) in [6, 6.07) is 13.8. The number of anilines is 2. The lowest BCUT2D eigenvalue weighted by Crippen LogP contribution is -2.19. The van der Waals surface area contributed by atoms with Gasteiger partial charge >= 0.3 is 0 Å². The van der Waals surface area contributed by atoms with Gasteiger partial charge in [-0.1, -0.05) is 25.4 Å². The molecule has 30 heavy (non-hydrogen) atoms. The van der Waals surface area contributed by atoms with Crippen molar-refractivity contribution in [3.63, 3.8) is 0 Å². The lowest BCUT2D eigenvalue weighted by atomic mass is 10.1. The van der Waals surface area contributed by atoms with Gasteiger partial charge in [-0.05, 0) is 42.5 Å². The molecule has 0 fully saturated rings. The van der Waals surface area contributed by atoms with Crippen LogP contribution in [0.2, 0.25) is 5.02 Å². The van der Waals surface area contributed by atoms with Gasteiger partial charge in [0.25, 0.3) is 5.91 Å². The number of methoxy groups -OCH3 is 1. The SMILES string of the molecule is COc1ccc(-c2cc(NC(=O)c3cc(NC(=O)C(C)C)ccc3Cl)ncn2)cc1. The average Bonchev–Trinajstić information content (AvgIpc) is 2.75. The molecule has 0 saturated heterocycles. The molecule has 1 heterocycles. The summed E-state index contributed by atoms with van der Waals surface area (Å²) in [7, 11) is 1.60. The predicted molar refractivity (Wildman–Crippen MR) is 117 cm³/mol. The van der Waals surface area contributed by atoms with E-state index in [9.17, 15) is 9.59 Å². The van der Waals surface area contributed by atoms with Crippen LogP contribution in [0.25, 0.3) is 11.3 Å². The molecule has 0 aliphatic heterocycles. The van der Waals surface area contributed by atoms with Crippen LogP contribution in [0.3, 0.4) is 0 Å². The highest BCUT2D eigenvalue weighted by molar-refractivity contribution is 6.34. The van der Waals surface area contributed by atoms with Crippen molar-refractivity contribution in [2.75, 3.05) is 17.7 Å². The number of nitrogens with one attached hydrogen (secondary N) is 2. The Morgan fingerprint density at radius 2 is 1.73 bits per heavy atom. The summed E-state index contributed by atoms with van der Waals surface area (Å²) in [4.78, 5) is 33.0. The Morgan fingerprint density at radius 1 is 1.00 bits per heavy atom. The molecule has 7 nitrogen and oxygen atoms in total. The van der Waals surface area contributed by atoms with E-state index < -0.39 is 5.91 Å². The smallest absolute Gasteiger partial charge is 0.258 e. The van der Waals surface area contributed by atoms with Gasteiger partial charge in [-0.15, -0.1) is 0 Å². The number of carbonyl (C=O) groups is 2. The van der Waals surface area contributed by atoms with Gasteiger partial charge in [-0.25, -0.2) is 9.97 Å². The number of benzene rings is 2. The molecule has 0 spiro atoms. The summed E-state index contributed by atoms with van der Waals surface area (Å²) < 4.78 is 5.16. The minimum absolute atomic E-state index is 0.149. The van der Waals surface area contributed by atoms with Crippen LogP contribution in [-0.4, -0.2) is 28.9 Å². The Labute approximate surface area is 179 Å². The van der Waals surface area contributed by atoms with Gasteiger partial charge in [0.1, 0.15) is 17.9 Å². The third kappa shape index (κ3) is 5.12. The zero-order valence-electron chi connectivity index (χ0n) is 16.8. The van der Waals surface area contributed by atoms with Crippen molar-refractivity contribution in [2.45, 2.75) is 13.8 Å². The van der Waals surface area contributed by atoms with Gasteiger partial charge in [-0.2, -0.15) is 0 Å². The van der Waals surface area contributed by atoms with Crippen LogP contribution in [0.4, 0.5) is 11.5 Å². The van der Waals surface area contributed by atoms with Crippen molar-refractivity contribution in [3.8, 4) is 17.0 Å². The minimum Gasteiger partial charge on any atom is -0.497 e. The van der Waals surface area contributed by atoms with E-state index >= 15 is 0 Å². The lowest BCUT2D eigenvalue weighted by Gasteiger charge is -2.11. The van der Waals surface area contributed by atoms with Crippen LogP contribution in [0.15, 0.2) is 54.9 Å². The molecule has 0 unspecified atom stereocenters. The monoisotopic (exact) mass is 424 g/mol. The molecular weight excluding hydrogens is 404 g/mol. The topological polar surface area (TPSA) is 93.2 Å². The van der Waals surface area contributed by atoms with Gasteiger partial charge in [0.15, 0.2) is 0 Å². The minimum atomic E-state index is -0.444. The zero-order chi connectivity index (χ0) is 21.7. The second-order valence-corrected chi connectivity index (χ2v) is 7.22. The van der Waals surface area contributed by atoms with Gasteiger partial charge in [-0.3, -0.25) is 9.59 Å². The first-order valence-corrected chi connectivity index (χ1v) is 9.63. The van der Waals surface area contributed by atoms with E-state index in [0.29, 0.717) is 17.2 Å². The van der Waals surface area contributed by atoms with E-state index in [1.165, 1.54) is 12.4 Å². The van der Waals surface area contributed by atoms with E-state index in [4.69, 9.17) is 16.3 Å². The number of amides is 2. The van der Waals surface area contributed by atoms with E-state index in [1.807, 2.05) is 24.3 Å². The molecule has 0 saturated carbocycles. The first-order valence-electron chi connectivity index (χ1n) is 9.25. The fraction of sp³-hybridized carbons (Fsp3) is 0.182. The molecule has 2 N–H and O–H groups in total. The van der Waals surface area contributed by atoms with Crippen molar-refractivity contribution < 1.29 is 14.3 Å². The number of rotatable bonds is 6. The standard InChI is InChI=1S/C22H21ClN4O3/c1-13(2)21(28)26-15-6-9-18(23)17(10-15)22(29)27-20-11-19(24-12-25-20)14-4-7-16(30-3)8-5-14/h4-13H,1-3H3,(H,26,28)(H,24,25,27,29). The van der Waals surface area contributed by atoms with Crippen LogP contribution in [0.5, 0.6) is 5.75 Å². The highest BCUT2D eigenvalue weighted by Crippen LogP contribution is 2.24. The van der Waals surface area contributed by atoms with E-state index in [2.05, 4.69) is 20.6 Å². The van der Waals surface area contributed by atoms with Gasteiger partial charge in [0, 0.05) is 23.2 Å². The van der Waals surface area contributed by atoms with Crippen molar-refractivity contribution in [1.29, 1.82) is 0 Å². The molecule has 0 bridgehead atoms. The average molecular weight is 425 g/mol. The number of ether oxygens (including phenoxy) is 1. The zero-order valence-corrected chi connectivity index (χ0v) is 17.5. The molecule has 8 heteroatoms. The van der Waals surface area contributed by atoms with Crippen molar-refractivity contribution in [3.05, 3.63) is 65.4 Å². The Bertz CT molecular complexity index is 1070. The summed E-state index contributed by atoms with van der Waals surface area (Å²) in [5, 5.41) is 5.74. The molecule has 3 rings (SSSR count). The van der Waals surface area contributed by atoms with Gasteiger partial charge in [0.05, 0.1) is 23.4 Å². The molecule has 0 aliphatic rings. The van der Waals surface area contributed by atoms with Gasteiger partial charge < -0.3 is 15.4 Å². The number of hydrogen-bond acceptors (Lipinski definition) is 5. The maximum atomic E-state index is 12.8. The van der Waals surface area contributed by atoms with Crippen LogP contribution in [0, 0.1) is 5.92 Å². The summed E-state index contributed by atoms with van der Waals surface area (Å²) >= 11 is 6.19. The summed E-state index contributed by atoms with van der Waals surface area (Å²) in [6.07, 6.45) is 1.37. The molecule has 154 valence electrons. The molecule has 0 atom stereocenters. The van der Waals surface area contributed by atoms with Gasteiger partial charge in [0.2, 0.25) is 5.91 Å². The lowest BCUT2D eigenvalue weighted by molar-refractivity contribution is -0.118. The fourth-order valence-electron chi connectivity index (χ4n) is 2.59. The van der Waals surface area contributed by atoms with E-state index in [-0.39, 0.29) is 22.4 Å². The summed E-state index contributed by atoms with van der Waals surface area (Å²) in [5.74, 6) is 0.285. The maximum absolute atomic E-state index is 12.8. The first kappa shape index (κ1) is 21.3. The first-order chi connectivity index (χ1) is 14.4. The maximum Gasteiger partial charge on any atom is 0.258 e. The van der Waals surface area contributed by atoms with Crippen LogP contribution < -0.4 is 15.4 Å². The second kappa shape index (κ2) is 9.37. The predicted octanol–water partition coefficient (Wildman–Crippen LogP) is 4.65. The molecule has 2 aromatic carbocycles. The molecular formula is C22H21ClN4O3. The quantitative estimate of drug-likeness (QED) is 0.600. The van der Waals surface area contributed by atoms with Crippen molar-refractivity contribution in [1.82, 2.24) is 9.97 Å². The third-order valence-electron chi connectivity index (χ3n) is 4.30. The third-order valence-corrected chi connectivity index (χ3v) is 4.63. The highest BCUT2D eigenvalue weighted by Gasteiger charge is 2.15. The number of halogens is 1. The molecule has 2 amide bonds. The van der Waals surface area contributed by atoms with Crippen LogP contribution >= 0.6 is 11.6 Å². The summed E-state index contributed by atoms with van der Waals surface area (Å²) in [6.45, 7) is 3.57. The highest BCUT2D eigenvalue weighted by atomic mass is 35.5. The van der Waals surface area contributed by atoms with Crippen LogP contribution in [-0.2, 0) is 4.79 Å². The molecule has 1 aromatic heterocycles. The van der Waals surface area contributed by atoms with Crippen molar-refractivity contribution >= 4 is 34.9 Å². The molecule has 3 aromatic rings. The Balaban J connectivity index is 1.79. The second-order valence-electron chi connectivity index (χ2n) is 6.81. The fourth-order valence-corrected chi connectivity index (χ4v) is 2.80. The largest absolute Gasteiger partial charge is 0.497 e. The molecule has 0 aliphatic carbocycles. The number of carbonyl (C=O) groups excluding carboxylic acids is 2. The Hall–Kier alpha value is -3.45. The number of aromatic nitrogens is 2.